The van der Waals surface area contributed by atoms with Gasteiger partial charge in [0.2, 0.25) is 0 Å². The summed E-state index contributed by atoms with van der Waals surface area (Å²) in [5.41, 5.74) is 1.04. The minimum Gasteiger partial charge on any atom is -0.399 e. The van der Waals surface area contributed by atoms with Crippen LogP contribution < -0.4 is 10.8 Å². The molecule has 124 valence electrons. The number of aromatic nitrogens is 1. The van der Waals surface area contributed by atoms with Crippen LogP contribution in [-0.4, -0.2) is 29.2 Å². The second-order valence-electron chi connectivity index (χ2n) is 6.87. The standard InChI is InChI=1S/C18H21BN2O3/c1-17(2)18(3,4)24-19(23-17)14-12-20-11-10-15(14)21-16(22)13-8-6-5-7-9-13/h5-12H,1-4H3,(H,20,21,22). The first-order valence-electron chi connectivity index (χ1n) is 7.96. The van der Waals surface area contributed by atoms with Gasteiger partial charge in [-0.05, 0) is 45.9 Å². The van der Waals surface area contributed by atoms with Crippen molar-refractivity contribution in [3.05, 3.63) is 54.4 Å². The molecular formula is C18H21BN2O3. The summed E-state index contributed by atoms with van der Waals surface area (Å²) in [6.07, 6.45) is 3.30. The van der Waals surface area contributed by atoms with E-state index >= 15 is 0 Å². The molecule has 0 unspecified atom stereocenters. The van der Waals surface area contributed by atoms with Gasteiger partial charge in [-0.25, -0.2) is 0 Å². The average molecular weight is 324 g/mol. The molecule has 2 heterocycles. The highest BCUT2D eigenvalue weighted by molar-refractivity contribution is 6.64. The Kier molecular flexibility index (Phi) is 4.19. The van der Waals surface area contributed by atoms with E-state index < -0.39 is 18.3 Å². The van der Waals surface area contributed by atoms with Gasteiger partial charge >= 0.3 is 7.12 Å². The van der Waals surface area contributed by atoms with Crippen LogP contribution in [0, 0.1) is 0 Å². The van der Waals surface area contributed by atoms with E-state index in [0.29, 0.717) is 16.7 Å². The molecule has 1 aliphatic rings. The Hall–Kier alpha value is -2.18. The van der Waals surface area contributed by atoms with Crippen LogP contribution in [0.5, 0.6) is 0 Å². The Morgan fingerprint density at radius 3 is 2.29 bits per heavy atom. The van der Waals surface area contributed by atoms with Crippen LogP contribution in [0.4, 0.5) is 5.69 Å². The summed E-state index contributed by atoms with van der Waals surface area (Å²) >= 11 is 0. The van der Waals surface area contributed by atoms with Crippen LogP contribution in [0.15, 0.2) is 48.8 Å². The van der Waals surface area contributed by atoms with Gasteiger partial charge in [-0.3, -0.25) is 9.78 Å². The van der Waals surface area contributed by atoms with Crippen molar-refractivity contribution in [3.63, 3.8) is 0 Å². The molecule has 0 bridgehead atoms. The maximum atomic E-state index is 12.4. The van der Waals surface area contributed by atoms with Crippen molar-refractivity contribution in [3.8, 4) is 0 Å². The van der Waals surface area contributed by atoms with Crippen molar-refractivity contribution in [1.82, 2.24) is 4.98 Å². The molecule has 24 heavy (non-hydrogen) atoms. The summed E-state index contributed by atoms with van der Waals surface area (Å²) in [7, 11) is -0.574. The molecule has 5 nitrogen and oxygen atoms in total. The second kappa shape index (κ2) is 6.04. The fourth-order valence-corrected chi connectivity index (χ4v) is 2.46. The molecular weight excluding hydrogens is 303 g/mol. The lowest BCUT2D eigenvalue weighted by molar-refractivity contribution is 0.00578. The normalized spacial score (nSPS) is 18.4. The fraction of sp³-hybridized carbons (Fsp3) is 0.333. The number of nitrogens with zero attached hydrogens (tertiary/aromatic N) is 1. The number of carbonyl (C=O) groups is 1. The van der Waals surface area contributed by atoms with Crippen LogP contribution in [0.2, 0.25) is 0 Å². The predicted molar refractivity (Wildman–Crippen MR) is 94.3 cm³/mol. The Labute approximate surface area is 142 Å². The van der Waals surface area contributed by atoms with Gasteiger partial charge in [0.15, 0.2) is 0 Å². The van der Waals surface area contributed by atoms with Gasteiger partial charge in [-0.2, -0.15) is 0 Å². The molecule has 1 aliphatic heterocycles. The minimum absolute atomic E-state index is 0.181. The molecule has 0 saturated carbocycles. The van der Waals surface area contributed by atoms with Crippen LogP contribution >= 0.6 is 0 Å². The monoisotopic (exact) mass is 324 g/mol. The SMILES string of the molecule is CC1(C)OB(c2cnccc2NC(=O)c2ccccc2)OC1(C)C. The Morgan fingerprint density at radius 2 is 1.67 bits per heavy atom. The van der Waals surface area contributed by atoms with E-state index in [4.69, 9.17) is 9.31 Å². The largest absolute Gasteiger partial charge is 0.498 e. The number of carbonyl (C=O) groups excluding carboxylic acids is 1. The van der Waals surface area contributed by atoms with Crippen molar-refractivity contribution in [2.75, 3.05) is 5.32 Å². The zero-order chi connectivity index (χ0) is 17.4. The van der Waals surface area contributed by atoms with Gasteiger partial charge in [0.1, 0.15) is 0 Å². The molecule has 0 atom stereocenters. The zero-order valence-electron chi connectivity index (χ0n) is 14.4. The third-order valence-corrected chi connectivity index (χ3v) is 4.64. The second-order valence-corrected chi connectivity index (χ2v) is 6.87. The van der Waals surface area contributed by atoms with E-state index in [1.807, 2.05) is 45.9 Å². The van der Waals surface area contributed by atoms with Gasteiger partial charge in [0, 0.05) is 29.1 Å². The van der Waals surface area contributed by atoms with E-state index in [9.17, 15) is 4.79 Å². The van der Waals surface area contributed by atoms with E-state index in [1.54, 1.807) is 30.6 Å². The van der Waals surface area contributed by atoms with Crippen LogP contribution in [-0.2, 0) is 9.31 Å². The molecule has 3 rings (SSSR count). The molecule has 0 radical (unpaired) electrons. The molecule has 1 fully saturated rings. The first-order valence-corrected chi connectivity index (χ1v) is 7.96. The number of hydrogen-bond acceptors (Lipinski definition) is 4. The molecule has 0 aliphatic carbocycles. The summed E-state index contributed by atoms with van der Waals surface area (Å²) in [6.45, 7) is 7.97. The maximum Gasteiger partial charge on any atom is 0.498 e. The van der Waals surface area contributed by atoms with Crippen LogP contribution in [0.25, 0.3) is 0 Å². The summed E-state index contributed by atoms with van der Waals surface area (Å²) in [5.74, 6) is -0.181. The van der Waals surface area contributed by atoms with Crippen molar-refractivity contribution in [2.24, 2.45) is 0 Å². The molecule has 6 heteroatoms. The van der Waals surface area contributed by atoms with Gasteiger partial charge in [-0.15, -0.1) is 0 Å². The minimum atomic E-state index is -0.574. The highest BCUT2D eigenvalue weighted by Gasteiger charge is 2.52. The predicted octanol–water partition coefficient (Wildman–Crippen LogP) is 2.63. The molecule has 1 saturated heterocycles. The van der Waals surface area contributed by atoms with Crippen molar-refractivity contribution in [2.45, 2.75) is 38.9 Å². The maximum absolute atomic E-state index is 12.4. The number of hydrogen-bond donors (Lipinski definition) is 1. The molecule has 2 aromatic rings. The lowest BCUT2D eigenvalue weighted by Crippen LogP contribution is -2.41. The van der Waals surface area contributed by atoms with Crippen molar-refractivity contribution in [1.29, 1.82) is 0 Å². The van der Waals surface area contributed by atoms with Gasteiger partial charge in [0.05, 0.1) is 11.2 Å². The Balaban J connectivity index is 1.86. The van der Waals surface area contributed by atoms with Crippen LogP contribution in [0.1, 0.15) is 38.1 Å². The number of anilines is 1. The lowest BCUT2D eigenvalue weighted by Gasteiger charge is -2.32. The molecule has 1 aromatic heterocycles. The molecule has 1 aromatic carbocycles. The zero-order valence-corrected chi connectivity index (χ0v) is 14.4. The van der Waals surface area contributed by atoms with E-state index in [0.717, 1.165) is 0 Å². The van der Waals surface area contributed by atoms with Crippen molar-refractivity contribution < 1.29 is 14.1 Å². The highest BCUT2D eigenvalue weighted by atomic mass is 16.7. The number of amides is 1. The molecule has 1 N–H and O–H groups in total. The number of nitrogens with one attached hydrogen (secondary N) is 1. The highest BCUT2D eigenvalue weighted by Crippen LogP contribution is 2.36. The third-order valence-electron chi connectivity index (χ3n) is 4.64. The smallest absolute Gasteiger partial charge is 0.399 e. The molecule has 0 spiro atoms. The van der Waals surface area contributed by atoms with Crippen LogP contribution in [0.3, 0.4) is 0 Å². The fourth-order valence-electron chi connectivity index (χ4n) is 2.46. The van der Waals surface area contributed by atoms with E-state index in [2.05, 4.69) is 10.3 Å². The van der Waals surface area contributed by atoms with Gasteiger partial charge < -0.3 is 14.6 Å². The first-order chi connectivity index (χ1) is 11.3. The summed E-state index contributed by atoms with van der Waals surface area (Å²) < 4.78 is 12.1. The molecule has 1 amide bonds. The number of rotatable bonds is 3. The average Bonchev–Trinajstić information content (AvgIpc) is 2.76. The first kappa shape index (κ1) is 16.7. The van der Waals surface area contributed by atoms with Crippen molar-refractivity contribution >= 4 is 24.2 Å². The Bertz CT molecular complexity index is 731. The topological polar surface area (TPSA) is 60.5 Å². The summed E-state index contributed by atoms with van der Waals surface area (Å²) in [5, 5.41) is 2.92. The summed E-state index contributed by atoms with van der Waals surface area (Å²) in [6, 6.07) is 10.8. The van der Waals surface area contributed by atoms with Gasteiger partial charge in [-0.1, -0.05) is 18.2 Å². The van der Waals surface area contributed by atoms with E-state index in [-0.39, 0.29) is 5.91 Å². The summed E-state index contributed by atoms with van der Waals surface area (Å²) in [4.78, 5) is 16.6. The number of pyridine rings is 1. The van der Waals surface area contributed by atoms with Gasteiger partial charge in [0.25, 0.3) is 5.91 Å². The lowest BCUT2D eigenvalue weighted by atomic mass is 9.79. The third kappa shape index (κ3) is 3.07. The Morgan fingerprint density at radius 1 is 1.04 bits per heavy atom. The number of benzene rings is 1. The quantitative estimate of drug-likeness (QED) is 0.882. The van der Waals surface area contributed by atoms with E-state index in [1.165, 1.54) is 0 Å².